The Bertz CT molecular complexity index is 2030. The maximum atomic E-state index is 17.1. The summed E-state index contributed by atoms with van der Waals surface area (Å²) in [7, 11) is 0. The molecule has 7 rings (SSSR count). The van der Waals surface area contributed by atoms with Crippen molar-refractivity contribution in [3.63, 3.8) is 0 Å². The van der Waals surface area contributed by atoms with Crippen LogP contribution in [-0.4, -0.2) is 98.1 Å². The number of hydrogen-bond donors (Lipinski definition) is 2. The molecule has 2 bridgehead atoms. The lowest BCUT2D eigenvalue weighted by Gasteiger charge is -2.40. The molecule has 2 aromatic heterocycles. The van der Waals surface area contributed by atoms with E-state index in [2.05, 4.69) is 27.1 Å². The van der Waals surface area contributed by atoms with Crippen molar-refractivity contribution in [3.05, 3.63) is 34.9 Å². The number of aromatic nitrogens is 3. The van der Waals surface area contributed by atoms with Gasteiger partial charge in [0.15, 0.2) is 10.9 Å². The Labute approximate surface area is 309 Å². The van der Waals surface area contributed by atoms with Gasteiger partial charge in [-0.15, -0.1) is 0 Å². The molecule has 4 atom stereocenters. The zero-order valence-corrected chi connectivity index (χ0v) is 31.3. The van der Waals surface area contributed by atoms with E-state index in [-0.39, 0.29) is 61.2 Å². The van der Waals surface area contributed by atoms with Gasteiger partial charge in [0.25, 0.3) is 0 Å². The van der Waals surface area contributed by atoms with Crippen LogP contribution in [0.1, 0.15) is 66.7 Å². The van der Waals surface area contributed by atoms with Crippen molar-refractivity contribution in [1.82, 2.24) is 24.8 Å². The number of benzene rings is 2. The first kappa shape index (κ1) is 36.3. The number of rotatable bonds is 7. The molecule has 0 saturated carbocycles. The predicted octanol–water partition coefficient (Wildman–Crippen LogP) is 8.16. The van der Waals surface area contributed by atoms with Crippen molar-refractivity contribution in [3.8, 4) is 17.1 Å². The highest BCUT2D eigenvalue weighted by Crippen LogP contribution is 2.44. The average Bonchev–Trinajstić information content (AvgIpc) is 3.60. The van der Waals surface area contributed by atoms with E-state index in [4.69, 9.17) is 26.1 Å². The van der Waals surface area contributed by atoms with Crippen molar-refractivity contribution in [2.75, 3.05) is 36.4 Å². The van der Waals surface area contributed by atoms with Crippen LogP contribution in [0.2, 0.25) is 5.02 Å². The number of carbonyl (C=O) groups excluding carboxylic acids is 1. The van der Waals surface area contributed by atoms with Crippen LogP contribution in [0.5, 0.6) is 6.01 Å². The first-order valence-corrected chi connectivity index (χ1v) is 18.8. The number of likely N-dealkylation sites (tertiary alicyclic amines) is 1. The van der Waals surface area contributed by atoms with Crippen molar-refractivity contribution in [2.45, 2.75) is 96.6 Å². The summed E-state index contributed by atoms with van der Waals surface area (Å²) in [4.78, 5) is 44.3. The van der Waals surface area contributed by atoms with Crippen LogP contribution in [-0.2, 0) is 4.74 Å². The van der Waals surface area contributed by atoms with Gasteiger partial charge in [0.1, 0.15) is 28.9 Å². The summed E-state index contributed by atoms with van der Waals surface area (Å²) < 4.78 is 44.0. The third-order valence-electron chi connectivity index (χ3n) is 9.96. The van der Waals surface area contributed by atoms with Crippen LogP contribution in [0.4, 0.5) is 29.3 Å². The molecule has 3 saturated heterocycles. The third kappa shape index (κ3) is 7.14. The zero-order chi connectivity index (χ0) is 37.1. The van der Waals surface area contributed by atoms with Crippen molar-refractivity contribution >= 4 is 67.2 Å². The summed E-state index contributed by atoms with van der Waals surface area (Å²) in [6.07, 6.45) is 2.80. The fourth-order valence-corrected chi connectivity index (χ4v) is 8.86. The van der Waals surface area contributed by atoms with Crippen molar-refractivity contribution < 1.29 is 33.0 Å². The largest absolute Gasteiger partial charge is 0.465 e. The van der Waals surface area contributed by atoms with E-state index in [1.165, 1.54) is 23.5 Å². The van der Waals surface area contributed by atoms with Crippen LogP contribution in [0.15, 0.2) is 18.2 Å². The third-order valence-corrected chi connectivity index (χ3v) is 11.2. The highest BCUT2D eigenvalue weighted by atomic mass is 35.5. The molecule has 4 aromatic rings. The van der Waals surface area contributed by atoms with E-state index in [9.17, 15) is 14.7 Å². The molecule has 3 aliphatic rings. The normalized spacial score (nSPS) is 21.5. The van der Waals surface area contributed by atoms with E-state index in [1.54, 1.807) is 26.8 Å². The van der Waals surface area contributed by atoms with Gasteiger partial charge < -0.3 is 19.5 Å². The molecule has 3 aliphatic heterocycles. The zero-order valence-electron chi connectivity index (χ0n) is 29.7. The number of piperazine rings is 1. The van der Waals surface area contributed by atoms with Gasteiger partial charge in [0.05, 0.1) is 27.3 Å². The Kier molecular flexibility index (Phi) is 9.80. The minimum Gasteiger partial charge on any atom is -0.465 e. The maximum absolute atomic E-state index is 17.1. The molecule has 278 valence electrons. The van der Waals surface area contributed by atoms with E-state index in [1.807, 2.05) is 11.8 Å². The molecule has 3 fully saturated rings. The summed E-state index contributed by atoms with van der Waals surface area (Å²) in [5, 5.41) is 12.8. The molecular formula is C36H42ClF2N7O5S. The second-order valence-corrected chi connectivity index (χ2v) is 16.3. The first-order chi connectivity index (χ1) is 24.7. The van der Waals surface area contributed by atoms with E-state index >= 15 is 8.78 Å². The summed E-state index contributed by atoms with van der Waals surface area (Å²) in [5.74, 6) is -0.976. The molecule has 2 amide bonds. The lowest BCUT2D eigenvalue weighted by Crippen LogP contribution is -2.55. The molecular weight excluding hydrogens is 716 g/mol. The van der Waals surface area contributed by atoms with Gasteiger partial charge in [-0.2, -0.15) is 9.97 Å². The summed E-state index contributed by atoms with van der Waals surface area (Å²) in [5.41, 5.74) is -0.555. The van der Waals surface area contributed by atoms with Gasteiger partial charge in [0, 0.05) is 42.2 Å². The van der Waals surface area contributed by atoms with Crippen LogP contribution in [0.3, 0.4) is 0 Å². The van der Waals surface area contributed by atoms with E-state index in [0.29, 0.717) is 49.7 Å². The molecule has 3 unspecified atom stereocenters. The number of nitrogens with one attached hydrogen (secondary N) is 1. The summed E-state index contributed by atoms with van der Waals surface area (Å²) >= 11 is 7.78. The molecule has 16 heteroatoms. The van der Waals surface area contributed by atoms with Crippen LogP contribution < -0.4 is 15.0 Å². The standard InChI is InChI=1S/C36H42ClF2N7O5S/c1-18-8-6-7-13-44(18)15-19(2)50-32-40-28-23(31(42-32)45-16-20-9-10-21(17-45)46(20)35(48)49)14-24(37)26(27(28)39)22-11-12-25(38)30-29(22)41-33(52-30)43-34(47)51-36(3,4)5/h11-12,14,18-21H,6-10,13,15-17H2,1-5H3,(H,48,49)(H,41,43,47)/t18?,19-,20?,21?/m0/s1. The number of halogens is 3. The van der Waals surface area contributed by atoms with E-state index < -0.39 is 29.4 Å². The molecule has 52 heavy (non-hydrogen) atoms. The fourth-order valence-electron chi connectivity index (χ4n) is 7.69. The van der Waals surface area contributed by atoms with Gasteiger partial charge >= 0.3 is 18.2 Å². The van der Waals surface area contributed by atoms with Crippen LogP contribution >= 0.6 is 22.9 Å². The van der Waals surface area contributed by atoms with E-state index in [0.717, 1.165) is 30.7 Å². The lowest BCUT2D eigenvalue weighted by atomic mass is 10.0. The van der Waals surface area contributed by atoms with Crippen LogP contribution in [0, 0.1) is 11.6 Å². The number of carbonyl (C=O) groups is 2. The average molecular weight is 758 g/mol. The monoisotopic (exact) mass is 757 g/mol. The number of hydrogen-bond acceptors (Lipinski definition) is 10. The van der Waals surface area contributed by atoms with Gasteiger partial charge in [-0.25, -0.2) is 23.4 Å². The number of fused-ring (bicyclic) bond motifs is 4. The number of amides is 2. The molecule has 12 nitrogen and oxygen atoms in total. The van der Waals surface area contributed by atoms with Gasteiger partial charge in [-0.3, -0.25) is 15.1 Å². The highest BCUT2D eigenvalue weighted by Gasteiger charge is 2.43. The Morgan fingerprint density at radius 2 is 1.83 bits per heavy atom. The summed E-state index contributed by atoms with van der Waals surface area (Å²) in [6, 6.07) is 4.09. The number of piperidine rings is 1. The fraction of sp³-hybridized carbons (Fsp3) is 0.528. The van der Waals surface area contributed by atoms with Gasteiger partial charge in [-0.05, 0) is 85.0 Å². The second kappa shape index (κ2) is 14.0. The Morgan fingerprint density at radius 1 is 1.10 bits per heavy atom. The van der Waals surface area contributed by atoms with Crippen molar-refractivity contribution in [2.24, 2.45) is 0 Å². The molecule has 0 spiro atoms. The molecule has 0 aliphatic carbocycles. The molecule has 2 aromatic carbocycles. The number of anilines is 2. The Hall–Kier alpha value is -4.08. The van der Waals surface area contributed by atoms with Gasteiger partial charge in [0.2, 0.25) is 0 Å². The maximum Gasteiger partial charge on any atom is 0.413 e. The predicted molar refractivity (Wildman–Crippen MR) is 197 cm³/mol. The van der Waals surface area contributed by atoms with Crippen molar-refractivity contribution in [1.29, 1.82) is 0 Å². The molecule has 0 radical (unpaired) electrons. The number of nitrogens with zero attached hydrogens (tertiary/aromatic N) is 6. The highest BCUT2D eigenvalue weighted by molar-refractivity contribution is 7.22. The SMILES string of the molecule is CC1CCCCN1C[C@H](C)Oc1nc(N2CC3CCC(C2)N3C(=O)O)c2cc(Cl)c(-c3ccc(F)c4sc(NC(=O)OC(C)(C)C)nc34)c(F)c2n1. The number of ether oxygens (including phenoxy) is 2. The number of carboxylic acid groups (broad SMARTS) is 1. The Morgan fingerprint density at radius 3 is 2.50 bits per heavy atom. The lowest BCUT2D eigenvalue weighted by molar-refractivity contribution is 0.0635. The minimum absolute atomic E-state index is 0.0124. The second-order valence-electron chi connectivity index (χ2n) is 14.9. The quantitative estimate of drug-likeness (QED) is 0.190. The smallest absolute Gasteiger partial charge is 0.413 e. The topological polar surface area (TPSA) is 133 Å². The first-order valence-electron chi connectivity index (χ1n) is 17.6. The minimum atomic E-state index is -0.958. The van der Waals surface area contributed by atoms with Gasteiger partial charge in [-0.1, -0.05) is 29.4 Å². The van der Waals surface area contributed by atoms with Crippen LogP contribution in [0.25, 0.3) is 32.2 Å². The molecule has 5 heterocycles. The molecule has 2 N–H and O–H groups in total. The summed E-state index contributed by atoms with van der Waals surface area (Å²) in [6.45, 7) is 11.6. The Balaban J connectivity index is 1.31. The number of thiazole rings is 1.